The molecular formula is C106H87Cl2N5O3. The summed E-state index contributed by atoms with van der Waals surface area (Å²) >= 11 is 12.1. The quantitative estimate of drug-likeness (QED) is 0.0704. The van der Waals surface area contributed by atoms with Crippen molar-refractivity contribution in [2.75, 3.05) is 31.2 Å². The summed E-state index contributed by atoms with van der Waals surface area (Å²) in [4.78, 5) is 22.1. The molecule has 0 bridgehead atoms. The minimum Gasteiger partial charge on any atom is -0.494 e. The first-order valence-corrected chi connectivity index (χ1v) is 39.9. The molecule has 0 aliphatic heterocycles. The Hall–Kier alpha value is -13.8. The molecule has 0 fully saturated rings. The summed E-state index contributed by atoms with van der Waals surface area (Å²) in [5, 5.41) is 1.41. The molecule has 4 heterocycles. The zero-order chi connectivity index (χ0) is 79.6. The van der Waals surface area contributed by atoms with Crippen LogP contribution < -0.4 is 19.1 Å². The topological polar surface area (TPSA) is 82.5 Å². The van der Waals surface area contributed by atoms with Gasteiger partial charge in [0, 0.05) is 73.3 Å². The Bertz CT molecular complexity index is 5680. The number of ether oxygens (including phenoxy) is 3. The summed E-state index contributed by atoms with van der Waals surface area (Å²) in [6.07, 6.45) is 0. The maximum atomic E-state index is 6.06. The lowest BCUT2D eigenvalue weighted by Crippen LogP contribution is -2.21. The van der Waals surface area contributed by atoms with E-state index in [-0.39, 0.29) is 0 Å². The summed E-state index contributed by atoms with van der Waals surface area (Å²) < 4.78 is 17.1. The van der Waals surface area contributed by atoms with Crippen molar-refractivity contribution < 1.29 is 14.2 Å². The number of pyridine rings is 4. The fraction of sp³-hybridized carbons (Fsp3) is 0.0755. The Labute approximate surface area is 691 Å². The minimum absolute atomic E-state index is 0.649. The van der Waals surface area contributed by atoms with Gasteiger partial charge in [-0.25, -0.2) is 19.9 Å². The van der Waals surface area contributed by atoms with Crippen molar-refractivity contribution in [3.8, 4) is 158 Å². The van der Waals surface area contributed by atoms with E-state index in [1.54, 1.807) is 0 Å². The van der Waals surface area contributed by atoms with Crippen molar-refractivity contribution in [1.82, 2.24) is 19.9 Å². The number of hydrogen-bond acceptors (Lipinski definition) is 8. The lowest BCUT2D eigenvalue weighted by atomic mass is 9.99. The van der Waals surface area contributed by atoms with Crippen LogP contribution in [0.3, 0.4) is 0 Å². The number of anilines is 1. The molecule has 17 rings (SSSR count). The molecule has 0 aliphatic rings. The van der Waals surface area contributed by atoms with E-state index in [1.807, 2.05) is 214 Å². The number of aromatic nitrogens is 4. The van der Waals surface area contributed by atoms with E-state index >= 15 is 0 Å². The Kier molecular flexibility index (Phi) is 26.9. The number of benzene rings is 13. The van der Waals surface area contributed by atoms with E-state index in [0.717, 1.165) is 160 Å². The van der Waals surface area contributed by atoms with E-state index in [1.165, 1.54) is 16.8 Å². The van der Waals surface area contributed by atoms with Gasteiger partial charge in [0.15, 0.2) is 0 Å². The van der Waals surface area contributed by atoms with Crippen LogP contribution in [0.2, 0.25) is 10.0 Å². The zero-order valence-corrected chi connectivity index (χ0v) is 66.7. The van der Waals surface area contributed by atoms with Crippen LogP contribution in [0.15, 0.2) is 406 Å². The van der Waals surface area contributed by atoms with Crippen molar-refractivity contribution in [1.29, 1.82) is 0 Å². The van der Waals surface area contributed by atoms with Gasteiger partial charge in [-0.05, 0) is 206 Å². The number of rotatable bonds is 21. The molecule has 0 N–H and O–H groups in total. The molecule has 17 aromatic rings. The Morgan fingerprint density at radius 1 is 0.207 bits per heavy atom. The molecule has 0 unspecified atom stereocenters. The van der Waals surface area contributed by atoms with Gasteiger partial charge in [-0.1, -0.05) is 296 Å². The van der Waals surface area contributed by atoms with Crippen LogP contribution in [-0.2, 0) is 0 Å². The predicted molar refractivity (Wildman–Crippen MR) is 485 cm³/mol. The number of halogens is 2. The maximum absolute atomic E-state index is 6.06. The van der Waals surface area contributed by atoms with Crippen molar-refractivity contribution in [2.45, 2.75) is 27.7 Å². The summed E-state index contributed by atoms with van der Waals surface area (Å²) in [5.74, 6) is 3.40. The third kappa shape index (κ3) is 21.1. The van der Waals surface area contributed by atoms with Crippen LogP contribution in [0.25, 0.3) is 135 Å². The number of hydrogen-bond donors (Lipinski definition) is 0. The molecule has 13 aromatic carbocycles. The largest absolute Gasteiger partial charge is 0.494 e. The highest BCUT2D eigenvalue weighted by atomic mass is 35.5. The van der Waals surface area contributed by atoms with Crippen LogP contribution >= 0.6 is 23.2 Å². The molecule has 10 heteroatoms. The molecule has 568 valence electrons. The predicted octanol–water partition coefficient (Wildman–Crippen LogP) is 29.1. The van der Waals surface area contributed by atoms with Gasteiger partial charge in [0.1, 0.15) is 23.0 Å². The molecule has 0 amide bonds. The first-order chi connectivity index (χ1) is 57.1. The maximum Gasteiger partial charge on any atom is 0.127 e. The van der Waals surface area contributed by atoms with Gasteiger partial charge in [0.2, 0.25) is 0 Å². The Balaban J connectivity index is 0.000000128. The van der Waals surface area contributed by atoms with E-state index in [9.17, 15) is 0 Å². The van der Waals surface area contributed by atoms with Gasteiger partial charge in [-0.2, -0.15) is 0 Å². The summed E-state index contributed by atoms with van der Waals surface area (Å²) in [6, 6.07) is 138. The second kappa shape index (κ2) is 39.6. The smallest absolute Gasteiger partial charge is 0.127 e. The van der Waals surface area contributed by atoms with Crippen molar-refractivity contribution in [2.24, 2.45) is 0 Å². The average Bonchev–Trinajstić information content (AvgIpc) is 0.804. The van der Waals surface area contributed by atoms with Crippen LogP contribution in [0.5, 0.6) is 23.0 Å². The standard InChI is InChI=1S/C29H21NO.C27H26N2.C25H19Cl2NO.C25H21NO/c1-4-10-23(11-5-1)28-20-25(21-29(30-28)24-12-6-2-7-13-24)22-16-18-27(19-17-22)31-26-14-8-3-9-15-26;1-3-29(4-2)25-17-15-21(16-18-25)24-19-26(22-11-7-5-8-12-22)28-27(20-24)23-13-9-6-10-14-23;1-2-29-23-13-7-17(8-14-23)20-15-24(18-3-9-21(26)10-4-18)28-25(16-20)19-5-11-22(27)12-6-19;1-2-27-23-15-13-19(14-16-23)22-17-24(20-9-5-3-6-10-20)26-25(18-22)21-11-7-4-8-12-21/h1-21H;5-20H,3-4H2,1-2H3;3-16H,2H2,1H3;3-18H,2H2,1H3. The highest BCUT2D eigenvalue weighted by Crippen LogP contribution is 2.38. The average molecular weight is 1550 g/mol. The molecule has 8 nitrogen and oxygen atoms in total. The van der Waals surface area contributed by atoms with Gasteiger partial charge < -0.3 is 19.1 Å². The third-order valence-corrected chi connectivity index (χ3v) is 20.0. The van der Waals surface area contributed by atoms with Crippen molar-refractivity contribution >= 4 is 28.9 Å². The molecule has 0 spiro atoms. The van der Waals surface area contributed by atoms with E-state index in [0.29, 0.717) is 23.3 Å². The molecular weight excluding hydrogens is 1460 g/mol. The highest BCUT2D eigenvalue weighted by molar-refractivity contribution is 6.31. The normalized spacial score (nSPS) is 10.6. The second-order valence-electron chi connectivity index (χ2n) is 27.3. The van der Waals surface area contributed by atoms with E-state index in [2.05, 4.69) is 225 Å². The monoisotopic (exact) mass is 1550 g/mol. The van der Waals surface area contributed by atoms with Gasteiger partial charge in [-0.15, -0.1) is 0 Å². The van der Waals surface area contributed by atoms with Crippen molar-refractivity contribution in [3.05, 3.63) is 416 Å². The molecule has 0 radical (unpaired) electrons. The van der Waals surface area contributed by atoms with Crippen LogP contribution in [0.4, 0.5) is 5.69 Å². The second-order valence-corrected chi connectivity index (χ2v) is 28.2. The highest BCUT2D eigenvalue weighted by Gasteiger charge is 2.16. The summed E-state index contributed by atoms with van der Waals surface area (Å²) in [7, 11) is 0. The zero-order valence-electron chi connectivity index (χ0n) is 65.2. The molecule has 0 saturated carbocycles. The van der Waals surface area contributed by atoms with Crippen LogP contribution in [0.1, 0.15) is 27.7 Å². The molecule has 116 heavy (non-hydrogen) atoms. The number of para-hydroxylation sites is 1. The van der Waals surface area contributed by atoms with E-state index < -0.39 is 0 Å². The third-order valence-electron chi connectivity index (χ3n) is 19.5. The first kappa shape index (κ1) is 78.9. The van der Waals surface area contributed by atoms with Crippen molar-refractivity contribution in [3.63, 3.8) is 0 Å². The molecule has 4 aromatic heterocycles. The van der Waals surface area contributed by atoms with Gasteiger partial charge in [-0.3, -0.25) is 0 Å². The molecule has 0 aliphatic carbocycles. The first-order valence-electron chi connectivity index (χ1n) is 39.2. The Morgan fingerprint density at radius 3 is 0.638 bits per heavy atom. The molecule has 0 atom stereocenters. The summed E-state index contributed by atoms with van der Waals surface area (Å²) in [6.45, 7) is 11.7. The lowest BCUT2D eigenvalue weighted by molar-refractivity contribution is 0.340. The number of nitrogens with zero attached hydrogens (tertiary/aromatic N) is 5. The lowest BCUT2D eigenvalue weighted by Gasteiger charge is -2.21. The summed E-state index contributed by atoms with van der Waals surface area (Å²) in [5.41, 5.74) is 26.7. The van der Waals surface area contributed by atoms with E-state index in [4.69, 9.17) is 57.3 Å². The minimum atomic E-state index is 0.649. The van der Waals surface area contributed by atoms with Gasteiger partial charge in [0.25, 0.3) is 0 Å². The SMILES string of the molecule is CCN(CC)c1ccc(-c2cc(-c3ccccc3)nc(-c3ccccc3)c2)cc1.CCOc1ccc(-c2cc(-c3ccc(Cl)cc3)nc(-c3ccc(Cl)cc3)c2)cc1.CCOc1ccc(-c2cc(-c3ccccc3)nc(-c3ccccc3)c2)cc1.c1ccc(Oc2ccc(-c3cc(-c4ccccc4)nc(-c4ccccc4)c3)cc2)cc1. The van der Waals surface area contributed by atoms with Crippen LogP contribution in [-0.4, -0.2) is 46.2 Å². The van der Waals surface area contributed by atoms with Gasteiger partial charge in [0.05, 0.1) is 58.8 Å². The van der Waals surface area contributed by atoms with Crippen LogP contribution in [0, 0.1) is 0 Å². The Morgan fingerprint density at radius 2 is 0.405 bits per heavy atom. The fourth-order valence-corrected chi connectivity index (χ4v) is 13.7. The molecule has 0 saturated heterocycles. The van der Waals surface area contributed by atoms with Gasteiger partial charge >= 0.3 is 0 Å². The fourth-order valence-electron chi connectivity index (χ4n) is 13.5.